The summed E-state index contributed by atoms with van der Waals surface area (Å²) in [5.41, 5.74) is 2.81. The number of nitrogens with zero attached hydrogens (tertiary/aromatic N) is 3. The smallest absolute Gasteiger partial charge is 0.136 e. The van der Waals surface area contributed by atoms with Gasteiger partial charge in [-0.3, -0.25) is 0 Å². The van der Waals surface area contributed by atoms with Crippen molar-refractivity contribution >= 4 is 5.65 Å². The van der Waals surface area contributed by atoms with E-state index in [1.165, 1.54) is 38.8 Å². The van der Waals surface area contributed by atoms with Gasteiger partial charge in [0.2, 0.25) is 0 Å². The first-order valence-corrected chi connectivity index (χ1v) is 10.3. The summed E-state index contributed by atoms with van der Waals surface area (Å²) in [5, 5.41) is 0. The minimum Gasteiger partial charge on any atom is -0.307 e. The van der Waals surface area contributed by atoms with Crippen LogP contribution in [0.2, 0.25) is 0 Å². The fourth-order valence-electron chi connectivity index (χ4n) is 4.18. The van der Waals surface area contributed by atoms with Crippen molar-refractivity contribution in [1.82, 2.24) is 14.3 Å². The summed E-state index contributed by atoms with van der Waals surface area (Å²) in [4.78, 5) is 7.28. The van der Waals surface area contributed by atoms with Crippen LogP contribution in [0.1, 0.15) is 72.9 Å². The molecule has 0 radical (unpaired) electrons. The van der Waals surface area contributed by atoms with Crippen LogP contribution in [0.25, 0.3) is 5.65 Å². The normalized spacial score (nSPS) is 24.2. The Labute approximate surface area is 159 Å². The number of hydrogen-bond donors (Lipinski definition) is 0. The predicted octanol–water partition coefficient (Wildman–Crippen LogP) is 5.54. The van der Waals surface area contributed by atoms with Crippen molar-refractivity contribution in [3.8, 4) is 0 Å². The lowest BCUT2D eigenvalue weighted by Crippen LogP contribution is -2.34. The van der Waals surface area contributed by atoms with Gasteiger partial charge in [0.1, 0.15) is 5.65 Å². The Morgan fingerprint density at radius 1 is 1.04 bits per heavy atom. The maximum Gasteiger partial charge on any atom is 0.136 e. The summed E-state index contributed by atoms with van der Waals surface area (Å²) in [6.45, 7) is 16.5. The summed E-state index contributed by atoms with van der Waals surface area (Å²) in [6, 6.07) is 6.99. The Kier molecular flexibility index (Phi) is 5.48. The van der Waals surface area contributed by atoms with Crippen LogP contribution >= 0.6 is 0 Å². The minimum absolute atomic E-state index is 0.131. The molecule has 2 aliphatic rings. The average Bonchev–Trinajstić information content (AvgIpc) is 3.19. The van der Waals surface area contributed by atoms with E-state index >= 15 is 0 Å². The van der Waals surface area contributed by atoms with E-state index in [9.17, 15) is 0 Å². The van der Waals surface area contributed by atoms with E-state index in [-0.39, 0.29) is 5.41 Å². The SMILES string of the molecule is CC(C)(C)C1CC2CCCCN2C1.CC(C)(C)c1cn2ccccc2n1. The third-order valence-electron chi connectivity index (χ3n) is 6.12. The number of fused-ring (bicyclic) bond motifs is 2. The van der Waals surface area contributed by atoms with Crippen LogP contribution in [-0.2, 0) is 5.41 Å². The molecule has 144 valence electrons. The summed E-state index contributed by atoms with van der Waals surface area (Å²) >= 11 is 0. The Morgan fingerprint density at radius 2 is 1.81 bits per heavy atom. The van der Waals surface area contributed by atoms with Gasteiger partial charge in [-0.25, -0.2) is 4.98 Å². The van der Waals surface area contributed by atoms with Crippen molar-refractivity contribution in [3.63, 3.8) is 0 Å². The molecule has 2 atom stereocenters. The molecule has 3 nitrogen and oxygen atoms in total. The van der Waals surface area contributed by atoms with Crippen LogP contribution < -0.4 is 0 Å². The van der Waals surface area contributed by atoms with Crippen molar-refractivity contribution < 1.29 is 0 Å². The number of pyridine rings is 1. The number of piperidine rings is 1. The van der Waals surface area contributed by atoms with Crippen molar-refractivity contribution in [3.05, 3.63) is 36.3 Å². The molecule has 0 saturated carbocycles. The van der Waals surface area contributed by atoms with E-state index < -0.39 is 0 Å². The molecule has 0 amide bonds. The zero-order valence-corrected chi connectivity index (χ0v) is 17.6. The Bertz CT molecular complexity index is 670. The molecule has 3 heteroatoms. The third-order valence-corrected chi connectivity index (χ3v) is 6.12. The summed E-state index contributed by atoms with van der Waals surface area (Å²) in [6.07, 6.45) is 9.95. The monoisotopic (exact) mass is 355 g/mol. The topological polar surface area (TPSA) is 20.5 Å². The minimum atomic E-state index is 0.131. The van der Waals surface area contributed by atoms with Crippen molar-refractivity contribution in [1.29, 1.82) is 0 Å². The molecule has 2 saturated heterocycles. The molecule has 0 bridgehead atoms. The fraction of sp³-hybridized carbons (Fsp3) is 0.696. The number of hydrogen-bond acceptors (Lipinski definition) is 2. The van der Waals surface area contributed by atoms with Gasteiger partial charge in [0, 0.05) is 30.4 Å². The Hall–Kier alpha value is -1.35. The highest BCUT2D eigenvalue weighted by Gasteiger charge is 2.38. The summed E-state index contributed by atoms with van der Waals surface area (Å²) in [7, 11) is 0. The molecule has 0 aromatic carbocycles. The lowest BCUT2D eigenvalue weighted by Gasteiger charge is -2.29. The van der Waals surface area contributed by atoms with Gasteiger partial charge in [-0.05, 0) is 49.3 Å². The standard InChI is InChI=1S/C12H23N.C11H14N2/c1-12(2,3)10-8-11-6-4-5-7-13(11)9-10;1-11(2,3)9-8-13-7-5-4-6-10(13)12-9/h10-11H,4-9H2,1-3H3;4-8H,1-3H3. The molecule has 2 aliphatic heterocycles. The van der Waals surface area contributed by atoms with Gasteiger partial charge in [0.05, 0.1) is 5.69 Å². The first-order valence-electron chi connectivity index (χ1n) is 10.3. The van der Waals surface area contributed by atoms with E-state index in [0.717, 1.165) is 23.3 Å². The first-order chi connectivity index (χ1) is 12.1. The van der Waals surface area contributed by atoms with Gasteiger partial charge in [-0.1, -0.05) is 54.0 Å². The van der Waals surface area contributed by atoms with Crippen LogP contribution in [0.3, 0.4) is 0 Å². The highest BCUT2D eigenvalue weighted by atomic mass is 15.2. The van der Waals surface area contributed by atoms with Gasteiger partial charge in [-0.15, -0.1) is 0 Å². The number of rotatable bonds is 0. The largest absolute Gasteiger partial charge is 0.307 e. The number of imidazole rings is 1. The van der Waals surface area contributed by atoms with Crippen LogP contribution in [0.15, 0.2) is 30.6 Å². The first kappa shape index (κ1) is 19.4. The quantitative estimate of drug-likeness (QED) is 0.618. The second-order valence-electron chi connectivity index (χ2n) is 10.3. The zero-order valence-electron chi connectivity index (χ0n) is 17.6. The Balaban J connectivity index is 0.000000151. The van der Waals surface area contributed by atoms with Crippen molar-refractivity contribution in [2.45, 2.75) is 78.7 Å². The van der Waals surface area contributed by atoms with Gasteiger partial charge in [0.15, 0.2) is 0 Å². The number of aromatic nitrogens is 2. The maximum atomic E-state index is 4.55. The second kappa shape index (κ2) is 7.34. The molecule has 0 spiro atoms. The summed E-state index contributed by atoms with van der Waals surface area (Å²) in [5.74, 6) is 0.940. The molecule has 2 aromatic rings. The van der Waals surface area contributed by atoms with Crippen molar-refractivity contribution in [2.24, 2.45) is 11.3 Å². The second-order valence-corrected chi connectivity index (χ2v) is 10.3. The molecule has 0 aliphatic carbocycles. The maximum absolute atomic E-state index is 4.55. The highest BCUT2D eigenvalue weighted by molar-refractivity contribution is 5.40. The van der Waals surface area contributed by atoms with Gasteiger partial charge >= 0.3 is 0 Å². The molecule has 4 heterocycles. The van der Waals surface area contributed by atoms with Gasteiger partial charge in [-0.2, -0.15) is 0 Å². The molecule has 2 unspecified atom stereocenters. The summed E-state index contributed by atoms with van der Waals surface area (Å²) < 4.78 is 2.06. The van der Waals surface area contributed by atoms with E-state index in [4.69, 9.17) is 0 Å². The molecule has 4 rings (SSSR count). The molecular formula is C23H37N3. The van der Waals surface area contributed by atoms with E-state index in [1.54, 1.807) is 0 Å². The molecule has 2 aromatic heterocycles. The highest BCUT2D eigenvalue weighted by Crippen LogP contribution is 2.39. The molecule has 2 fully saturated rings. The van der Waals surface area contributed by atoms with Gasteiger partial charge < -0.3 is 9.30 Å². The van der Waals surface area contributed by atoms with Crippen LogP contribution in [0.5, 0.6) is 0 Å². The van der Waals surface area contributed by atoms with E-state index in [0.29, 0.717) is 5.41 Å². The lowest BCUT2D eigenvalue weighted by molar-refractivity contribution is 0.187. The lowest BCUT2D eigenvalue weighted by atomic mass is 9.79. The third kappa shape index (κ3) is 4.49. The van der Waals surface area contributed by atoms with E-state index in [2.05, 4.69) is 62.0 Å². The van der Waals surface area contributed by atoms with Crippen molar-refractivity contribution in [2.75, 3.05) is 13.1 Å². The predicted molar refractivity (Wildman–Crippen MR) is 111 cm³/mol. The van der Waals surface area contributed by atoms with Crippen LogP contribution in [-0.4, -0.2) is 33.4 Å². The van der Waals surface area contributed by atoms with Gasteiger partial charge in [0.25, 0.3) is 0 Å². The van der Waals surface area contributed by atoms with Crippen LogP contribution in [0.4, 0.5) is 0 Å². The molecule has 0 N–H and O–H groups in total. The Morgan fingerprint density at radius 3 is 2.42 bits per heavy atom. The average molecular weight is 356 g/mol. The molecular weight excluding hydrogens is 318 g/mol. The molecule has 26 heavy (non-hydrogen) atoms. The van der Waals surface area contributed by atoms with Crippen LogP contribution in [0, 0.1) is 11.3 Å². The fourth-order valence-corrected chi connectivity index (χ4v) is 4.18. The zero-order chi connectivity index (χ0) is 18.9. The van der Waals surface area contributed by atoms with E-state index in [1.807, 2.05) is 24.4 Å².